The summed E-state index contributed by atoms with van der Waals surface area (Å²) in [7, 11) is 0. The number of anilines is 1. The molecule has 0 aromatic heterocycles. The van der Waals surface area contributed by atoms with E-state index < -0.39 is 35.1 Å². The smallest absolute Gasteiger partial charge is 0.242 e. The van der Waals surface area contributed by atoms with Crippen LogP contribution < -0.4 is 16.0 Å². The molecule has 2 aromatic carbocycles. The predicted octanol–water partition coefficient (Wildman–Crippen LogP) is 5.41. The van der Waals surface area contributed by atoms with Gasteiger partial charge < -0.3 is 16.0 Å². The van der Waals surface area contributed by atoms with Gasteiger partial charge in [-0.25, -0.2) is 4.39 Å². The molecule has 4 atom stereocenters. The zero-order chi connectivity index (χ0) is 27.4. The lowest BCUT2D eigenvalue weighted by Crippen LogP contribution is -2.49. The van der Waals surface area contributed by atoms with Gasteiger partial charge in [0.25, 0.3) is 0 Å². The first-order chi connectivity index (χ1) is 17.9. The summed E-state index contributed by atoms with van der Waals surface area (Å²) in [5, 5.41) is 9.51. The van der Waals surface area contributed by atoms with Crippen molar-refractivity contribution >= 4 is 46.5 Å². The molecule has 2 aliphatic heterocycles. The Labute approximate surface area is 230 Å². The number of hydrogen-bond donors (Lipinski definition) is 3. The van der Waals surface area contributed by atoms with E-state index in [-0.39, 0.29) is 34.1 Å². The topological polar surface area (TPSA) is 87.3 Å². The number of ketones is 1. The van der Waals surface area contributed by atoms with Crippen LogP contribution in [0.2, 0.25) is 10.0 Å². The van der Waals surface area contributed by atoms with Gasteiger partial charge >= 0.3 is 0 Å². The van der Waals surface area contributed by atoms with E-state index in [1.54, 1.807) is 42.5 Å². The summed E-state index contributed by atoms with van der Waals surface area (Å²) in [4.78, 5) is 39.9. The van der Waals surface area contributed by atoms with Gasteiger partial charge in [0.05, 0.1) is 11.1 Å². The number of amides is 2. The third-order valence-corrected chi connectivity index (χ3v) is 7.95. The number of carbonyl (C=O) groups excluding carboxylic acids is 3. The summed E-state index contributed by atoms with van der Waals surface area (Å²) in [6.07, 6.45) is 5.46. The van der Waals surface area contributed by atoms with Crippen LogP contribution in [0.25, 0.3) is 0 Å². The van der Waals surface area contributed by atoms with E-state index in [2.05, 4.69) is 16.0 Å². The van der Waals surface area contributed by atoms with Crippen molar-refractivity contribution in [1.29, 1.82) is 0 Å². The molecule has 6 nitrogen and oxygen atoms in total. The SMILES string of the molecule is CC(C)(C)C[C@@H]1N[C@@H](C(=O)NC2=CC(=O)CC=C2)[C@H](c2cccc(Cl)c2F)[C@]12C(=O)Nc1cc(Cl)ccc12. The van der Waals surface area contributed by atoms with Gasteiger partial charge in [-0.1, -0.05) is 68.2 Å². The fourth-order valence-electron chi connectivity index (χ4n) is 6.03. The molecule has 0 saturated carbocycles. The van der Waals surface area contributed by atoms with E-state index in [4.69, 9.17) is 23.2 Å². The Morgan fingerprint density at radius 2 is 1.95 bits per heavy atom. The molecule has 5 rings (SSSR count). The Hall–Kier alpha value is -3.00. The molecular weight excluding hydrogens is 528 g/mol. The summed E-state index contributed by atoms with van der Waals surface area (Å²) in [5.41, 5.74) is 0.0797. The summed E-state index contributed by atoms with van der Waals surface area (Å²) < 4.78 is 15.8. The highest BCUT2D eigenvalue weighted by molar-refractivity contribution is 6.31. The lowest BCUT2D eigenvalue weighted by Gasteiger charge is -2.37. The van der Waals surface area contributed by atoms with Gasteiger partial charge in [0.2, 0.25) is 11.8 Å². The van der Waals surface area contributed by atoms with Crippen molar-refractivity contribution in [3.05, 3.63) is 87.3 Å². The molecule has 198 valence electrons. The van der Waals surface area contributed by atoms with Gasteiger partial charge in [0.15, 0.2) is 5.78 Å². The molecule has 2 amide bonds. The first-order valence-corrected chi connectivity index (χ1v) is 13.2. The monoisotopic (exact) mass is 555 g/mol. The number of halogens is 3. The van der Waals surface area contributed by atoms with E-state index in [9.17, 15) is 14.4 Å². The van der Waals surface area contributed by atoms with Crippen LogP contribution in [0, 0.1) is 11.2 Å². The van der Waals surface area contributed by atoms with E-state index in [0.29, 0.717) is 28.4 Å². The molecule has 3 aliphatic rings. The predicted molar refractivity (Wildman–Crippen MR) is 146 cm³/mol. The van der Waals surface area contributed by atoms with Crippen LogP contribution >= 0.6 is 23.2 Å². The van der Waals surface area contributed by atoms with Crippen molar-refractivity contribution in [3.8, 4) is 0 Å². The van der Waals surface area contributed by atoms with Crippen molar-refractivity contribution in [2.75, 3.05) is 5.32 Å². The van der Waals surface area contributed by atoms with Gasteiger partial charge in [-0.2, -0.15) is 0 Å². The molecule has 0 bridgehead atoms. The molecule has 1 aliphatic carbocycles. The number of nitrogens with one attached hydrogen (secondary N) is 3. The Bertz CT molecular complexity index is 1410. The second-order valence-electron chi connectivity index (χ2n) is 11.3. The fourth-order valence-corrected chi connectivity index (χ4v) is 6.39. The molecule has 38 heavy (non-hydrogen) atoms. The Morgan fingerprint density at radius 1 is 1.18 bits per heavy atom. The fraction of sp³-hybridized carbons (Fsp3) is 0.345. The molecule has 1 spiro atoms. The van der Waals surface area contributed by atoms with Gasteiger partial charge in [-0.15, -0.1) is 0 Å². The van der Waals surface area contributed by atoms with Crippen molar-refractivity contribution in [2.45, 2.75) is 57.0 Å². The average molecular weight is 556 g/mol. The maximum absolute atomic E-state index is 15.8. The van der Waals surface area contributed by atoms with Crippen LogP contribution in [0.4, 0.5) is 10.1 Å². The number of fused-ring (bicyclic) bond motifs is 2. The Morgan fingerprint density at radius 3 is 2.66 bits per heavy atom. The molecule has 0 radical (unpaired) electrons. The first kappa shape index (κ1) is 26.6. The highest BCUT2D eigenvalue weighted by atomic mass is 35.5. The average Bonchev–Trinajstić information content (AvgIpc) is 3.29. The van der Waals surface area contributed by atoms with Gasteiger partial charge in [0, 0.05) is 40.9 Å². The van der Waals surface area contributed by atoms with Crippen molar-refractivity contribution in [1.82, 2.24) is 10.6 Å². The molecule has 0 unspecified atom stereocenters. The third-order valence-electron chi connectivity index (χ3n) is 7.42. The standard InChI is InChI=1S/C29H28Cl2FN3O3/c1-28(2,3)14-22-29(19-11-10-15(30)12-21(19)34-27(29)38)23(18-8-5-9-20(31)24(18)32)25(35-22)26(37)33-16-6-4-7-17(36)13-16/h4-6,8-13,22-23,25,35H,7,14H2,1-3H3,(H,33,37)(H,34,38)/t22-,23-,25+,29+/m0/s1. The summed E-state index contributed by atoms with van der Waals surface area (Å²) >= 11 is 12.5. The molecular formula is C29H28Cl2FN3O3. The van der Waals surface area contributed by atoms with Gasteiger partial charge in [0.1, 0.15) is 11.2 Å². The Balaban J connectivity index is 1.72. The van der Waals surface area contributed by atoms with Crippen LogP contribution in [0.1, 0.15) is 50.7 Å². The van der Waals surface area contributed by atoms with E-state index in [1.807, 2.05) is 20.8 Å². The minimum atomic E-state index is -1.34. The number of carbonyl (C=O) groups is 3. The first-order valence-electron chi connectivity index (χ1n) is 12.4. The number of rotatable bonds is 4. The van der Waals surface area contributed by atoms with Crippen LogP contribution in [0.3, 0.4) is 0 Å². The highest BCUT2D eigenvalue weighted by Crippen LogP contribution is 2.57. The number of allylic oxidation sites excluding steroid dienone is 3. The van der Waals surface area contributed by atoms with E-state index in [1.165, 1.54) is 12.1 Å². The lowest BCUT2D eigenvalue weighted by molar-refractivity contribution is -0.123. The maximum Gasteiger partial charge on any atom is 0.242 e. The zero-order valence-corrected chi connectivity index (χ0v) is 22.7. The molecule has 3 N–H and O–H groups in total. The van der Waals surface area contributed by atoms with E-state index >= 15 is 4.39 Å². The molecule has 2 aromatic rings. The van der Waals surface area contributed by atoms with Crippen LogP contribution in [-0.2, 0) is 19.8 Å². The van der Waals surface area contributed by atoms with Crippen LogP contribution in [0.5, 0.6) is 0 Å². The number of hydrogen-bond acceptors (Lipinski definition) is 4. The summed E-state index contributed by atoms with van der Waals surface area (Å²) in [6, 6.07) is 8.19. The van der Waals surface area contributed by atoms with Crippen LogP contribution in [-0.4, -0.2) is 29.7 Å². The second kappa shape index (κ2) is 9.63. The molecule has 9 heteroatoms. The molecule has 1 fully saturated rings. The summed E-state index contributed by atoms with van der Waals surface area (Å²) in [5.74, 6) is -2.60. The highest BCUT2D eigenvalue weighted by Gasteiger charge is 2.66. The minimum Gasteiger partial charge on any atom is -0.325 e. The van der Waals surface area contributed by atoms with Crippen LogP contribution in [0.15, 0.2) is 60.3 Å². The maximum atomic E-state index is 15.8. The van der Waals surface area contributed by atoms with Gasteiger partial charge in [-0.3, -0.25) is 14.4 Å². The normalized spacial score (nSPS) is 26.4. The number of benzene rings is 2. The minimum absolute atomic E-state index is 0.102. The Kier molecular flexibility index (Phi) is 6.74. The van der Waals surface area contributed by atoms with Crippen molar-refractivity contribution in [3.63, 3.8) is 0 Å². The second-order valence-corrected chi connectivity index (χ2v) is 12.1. The quantitative estimate of drug-likeness (QED) is 0.470. The van der Waals surface area contributed by atoms with Crippen molar-refractivity contribution in [2.24, 2.45) is 5.41 Å². The largest absolute Gasteiger partial charge is 0.325 e. The third kappa shape index (κ3) is 4.46. The molecule has 1 saturated heterocycles. The van der Waals surface area contributed by atoms with Gasteiger partial charge in [-0.05, 0) is 47.2 Å². The van der Waals surface area contributed by atoms with E-state index in [0.717, 1.165) is 0 Å². The molecule has 2 heterocycles. The lowest BCUT2D eigenvalue weighted by atomic mass is 9.62. The van der Waals surface area contributed by atoms with Crippen molar-refractivity contribution < 1.29 is 18.8 Å². The summed E-state index contributed by atoms with van der Waals surface area (Å²) in [6.45, 7) is 6.14. The zero-order valence-electron chi connectivity index (χ0n) is 21.2.